The molecule has 24 heavy (non-hydrogen) atoms. The van der Waals surface area contributed by atoms with Gasteiger partial charge < -0.3 is 10.2 Å². The van der Waals surface area contributed by atoms with E-state index in [1.807, 2.05) is 19.9 Å². The van der Waals surface area contributed by atoms with E-state index >= 15 is 0 Å². The maximum Gasteiger partial charge on any atom is 0.317 e. The third kappa shape index (κ3) is 6.07. The van der Waals surface area contributed by atoms with E-state index in [1.165, 1.54) is 6.26 Å². The molecule has 0 aromatic carbocycles. The van der Waals surface area contributed by atoms with Gasteiger partial charge in [0.25, 0.3) is 0 Å². The number of urea groups is 1. The number of piperidine rings is 1. The standard InChI is InChI=1S/C16H26N4O3S/c1-12-9-13(2)19-15(18-12)6-7-17-16(21)20-8-4-5-14(10-20)11-24(3,22)23/h9,14H,4-8,10-11H2,1-3H3,(H,17,21)/t14-/m1/s1. The lowest BCUT2D eigenvalue weighted by Gasteiger charge is -2.32. The molecule has 2 heterocycles. The second kappa shape index (κ2) is 7.92. The second-order valence-electron chi connectivity index (χ2n) is 6.60. The van der Waals surface area contributed by atoms with Crippen LogP contribution in [0.1, 0.15) is 30.1 Å². The van der Waals surface area contributed by atoms with Crippen molar-refractivity contribution in [3.05, 3.63) is 23.3 Å². The Hall–Kier alpha value is -1.70. The Balaban J connectivity index is 1.81. The van der Waals surface area contributed by atoms with Crippen LogP contribution in [0.2, 0.25) is 0 Å². The molecule has 1 aromatic heterocycles. The van der Waals surface area contributed by atoms with Gasteiger partial charge in [0.2, 0.25) is 0 Å². The number of nitrogens with one attached hydrogen (secondary N) is 1. The molecule has 0 aliphatic carbocycles. The molecular formula is C16H26N4O3S. The molecule has 8 heteroatoms. The van der Waals surface area contributed by atoms with E-state index < -0.39 is 9.84 Å². The molecule has 1 atom stereocenters. The predicted octanol–water partition coefficient (Wildman–Crippen LogP) is 1.10. The van der Waals surface area contributed by atoms with Crippen LogP contribution in [-0.4, -0.2) is 61.0 Å². The van der Waals surface area contributed by atoms with Gasteiger partial charge in [0.05, 0.1) is 5.75 Å². The topological polar surface area (TPSA) is 92.3 Å². The number of nitrogens with zero attached hydrogens (tertiary/aromatic N) is 3. The Kier molecular flexibility index (Phi) is 6.15. The molecule has 0 saturated carbocycles. The summed E-state index contributed by atoms with van der Waals surface area (Å²) in [7, 11) is -3.01. The van der Waals surface area contributed by atoms with Crippen LogP contribution in [0.15, 0.2) is 6.07 Å². The number of carbonyl (C=O) groups excluding carboxylic acids is 1. The van der Waals surface area contributed by atoms with Crippen molar-refractivity contribution in [1.29, 1.82) is 0 Å². The lowest BCUT2D eigenvalue weighted by atomic mass is 10.0. The van der Waals surface area contributed by atoms with E-state index in [9.17, 15) is 13.2 Å². The Bertz CT molecular complexity index is 670. The first-order valence-electron chi connectivity index (χ1n) is 8.24. The lowest BCUT2D eigenvalue weighted by Crippen LogP contribution is -2.47. The van der Waals surface area contributed by atoms with Gasteiger partial charge in [-0.1, -0.05) is 0 Å². The van der Waals surface area contributed by atoms with Crippen molar-refractivity contribution in [2.75, 3.05) is 31.6 Å². The Labute approximate surface area is 143 Å². The van der Waals surface area contributed by atoms with Crippen LogP contribution in [0.3, 0.4) is 0 Å². The molecule has 134 valence electrons. The minimum atomic E-state index is -3.01. The molecule has 2 rings (SSSR count). The van der Waals surface area contributed by atoms with Gasteiger partial charge in [0, 0.05) is 43.7 Å². The van der Waals surface area contributed by atoms with E-state index in [-0.39, 0.29) is 17.7 Å². The number of hydrogen-bond acceptors (Lipinski definition) is 5. The molecule has 0 unspecified atom stereocenters. The number of carbonyl (C=O) groups is 1. The third-order valence-corrected chi connectivity index (χ3v) is 5.07. The summed E-state index contributed by atoms with van der Waals surface area (Å²) in [5, 5.41) is 2.88. The summed E-state index contributed by atoms with van der Waals surface area (Å²) in [6, 6.07) is 1.77. The smallest absolute Gasteiger partial charge is 0.317 e. The monoisotopic (exact) mass is 354 g/mol. The molecule has 0 bridgehead atoms. The van der Waals surface area contributed by atoms with E-state index in [0.29, 0.717) is 26.1 Å². The molecule has 1 aliphatic rings. The van der Waals surface area contributed by atoms with Crippen molar-refractivity contribution in [1.82, 2.24) is 20.2 Å². The summed E-state index contributed by atoms with van der Waals surface area (Å²) in [6.07, 6.45) is 3.52. The van der Waals surface area contributed by atoms with Crippen LogP contribution in [0.4, 0.5) is 4.79 Å². The fourth-order valence-corrected chi connectivity index (χ4v) is 4.25. The van der Waals surface area contributed by atoms with Gasteiger partial charge in [-0.15, -0.1) is 0 Å². The number of likely N-dealkylation sites (tertiary alicyclic amines) is 1. The molecule has 0 spiro atoms. The summed E-state index contributed by atoms with van der Waals surface area (Å²) in [5.74, 6) is 0.899. The molecular weight excluding hydrogens is 328 g/mol. The van der Waals surface area contributed by atoms with Gasteiger partial charge in [-0.3, -0.25) is 0 Å². The van der Waals surface area contributed by atoms with Crippen LogP contribution in [-0.2, 0) is 16.3 Å². The summed E-state index contributed by atoms with van der Waals surface area (Å²) < 4.78 is 22.9. The summed E-state index contributed by atoms with van der Waals surface area (Å²) >= 11 is 0. The highest BCUT2D eigenvalue weighted by molar-refractivity contribution is 7.90. The third-order valence-electron chi connectivity index (χ3n) is 4.00. The predicted molar refractivity (Wildman–Crippen MR) is 92.6 cm³/mol. The average Bonchev–Trinajstić information content (AvgIpc) is 2.44. The van der Waals surface area contributed by atoms with Crippen molar-refractivity contribution >= 4 is 15.9 Å². The van der Waals surface area contributed by atoms with Crippen molar-refractivity contribution < 1.29 is 13.2 Å². The molecule has 1 aliphatic heterocycles. The summed E-state index contributed by atoms with van der Waals surface area (Å²) in [6.45, 7) is 5.49. The summed E-state index contributed by atoms with van der Waals surface area (Å²) in [5.41, 5.74) is 1.84. The molecule has 2 amide bonds. The van der Waals surface area contributed by atoms with E-state index in [1.54, 1.807) is 4.90 Å². The van der Waals surface area contributed by atoms with Crippen molar-refractivity contribution in [2.45, 2.75) is 33.1 Å². The van der Waals surface area contributed by atoms with E-state index in [0.717, 1.165) is 30.1 Å². The first-order valence-corrected chi connectivity index (χ1v) is 10.3. The maximum atomic E-state index is 12.3. The number of sulfone groups is 1. The van der Waals surface area contributed by atoms with Crippen LogP contribution in [0.25, 0.3) is 0 Å². The summed E-state index contributed by atoms with van der Waals surface area (Å²) in [4.78, 5) is 22.7. The van der Waals surface area contributed by atoms with Crippen LogP contribution >= 0.6 is 0 Å². The van der Waals surface area contributed by atoms with Crippen molar-refractivity contribution in [3.63, 3.8) is 0 Å². The Morgan fingerprint density at radius 2 is 2.00 bits per heavy atom. The number of hydrogen-bond donors (Lipinski definition) is 1. The number of amides is 2. The maximum absolute atomic E-state index is 12.3. The second-order valence-corrected chi connectivity index (χ2v) is 8.78. The van der Waals surface area contributed by atoms with Crippen molar-refractivity contribution in [3.8, 4) is 0 Å². The number of aromatic nitrogens is 2. The quantitative estimate of drug-likeness (QED) is 0.855. The molecule has 1 fully saturated rings. The molecule has 0 radical (unpaired) electrons. The van der Waals surface area contributed by atoms with Gasteiger partial charge >= 0.3 is 6.03 Å². The minimum Gasteiger partial charge on any atom is -0.338 e. The highest BCUT2D eigenvalue weighted by Crippen LogP contribution is 2.18. The lowest BCUT2D eigenvalue weighted by molar-refractivity contribution is 0.170. The SMILES string of the molecule is Cc1cc(C)nc(CCNC(=O)N2CCC[C@@H](CS(C)(=O)=O)C2)n1. The van der Waals surface area contributed by atoms with E-state index in [4.69, 9.17) is 0 Å². The minimum absolute atomic E-state index is 0.0299. The van der Waals surface area contributed by atoms with Gasteiger partial charge in [-0.2, -0.15) is 0 Å². The Morgan fingerprint density at radius 1 is 1.33 bits per heavy atom. The van der Waals surface area contributed by atoms with Gasteiger partial charge in [-0.05, 0) is 38.7 Å². The van der Waals surface area contributed by atoms with Crippen LogP contribution in [0, 0.1) is 19.8 Å². The van der Waals surface area contributed by atoms with Gasteiger partial charge in [-0.25, -0.2) is 23.2 Å². The normalized spacial score (nSPS) is 18.5. The van der Waals surface area contributed by atoms with Crippen LogP contribution in [0.5, 0.6) is 0 Å². The molecule has 1 N–H and O–H groups in total. The van der Waals surface area contributed by atoms with Crippen LogP contribution < -0.4 is 5.32 Å². The zero-order valence-corrected chi connectivity index (χ0v) is 15.4. The highest BCUT2D eigenvalue weighted by Gasteiger charge is 2.25. The van der Waals surface area contributed by atoms with E-state index in [2.05, 4.69) is 15.3 Å². The molecule has 7 nitrogen and oxygen atoms in total. The fourth-order valence-electron chi connectivity index (χ4n) is 3.12. The van der Waals surface area contributed by atoms with Gasteiger partial charge in [0.1, 0.15) is 15.7 Å². The fraction of sp³-hybridized carbons (Fsp3) is 0.688. The number of aryl methyl sites for hydroxylation is 2. The molecule has 1 aromatic rings. The van der Waals surface area contributed by atoms with Gasteiger partial charge in [0.15, 0.2) is 0 Å². The molecule has 1 saturated heterocycles. The highest BCUT2D eigenvalue weighted by atomic mass is 32.2. The average molecular weight is 354 g/mol. The number of rotatable bonds is 5. The first kappa shape index (κ1) is 18.6. The first-order chi connectivity index (χ1) is 11.2. The zero-order valence-electron chi connectivity index (χ0n) is 14.6. The Morgan fingerprint density at radius 3 is 2.62 bits per heavy atom. The van der Waals surface area contributed by atoms with Crippen molar-refractivity contribution in [2.24, 2.45) is 5.92 Å². The largest absolute Gasteiger partial charge is 0.338 e. The zero-order chi connectivity index (χ0) is 17.7.